The number of nitrogens with zero attached hydrogens (tertiary/aromatic N) is 3. The lowest BCUT2D eigenvalue weighted by Gasteiger charge is -2.32. The van der Waals surface area contributed by atoms with Crippen LogP contribution in [-0.2, 0) is 4.74 Å². The van der Waals surface area contributed by atoms with Gasteiger partial charge in [0.25, 0.3) is 0 Å². The van der Waals surface area contributed by atoms with Crippen LogP contribution in [-0.4, -0.2) is 35.4 Å². The van der Waals surface area contributed by atoms with Gasteiger partial charge >= 0.3 is 0 Å². The average molecular weight is 324 g/mol. The first kappa shape index (κ1) is 16.7. The van der Waals surface area contributed by atoms with E-state index in [4.69, 9.17) is 9.73 Å². The van der Waals surface area contributed by atoms with Gasteiger partial charge in [0.05, 0.1) is 17.4 Å². The minimum absolute atomic E-state index is 0.207. The van der Waals surface area contributed by atoms with Crippen LogP contribution in [0.5, 0.6) is 0 Å². The van der Waals surface area contributed by atoms with Crippen molar-refractivity contribution in [2.45, 2.75) is 44.0 Å². The average Bonchev–Trinajstić information content (AvgIpc) is 2.66. The molecule has 1 N–H and O–H groups in total. The molecule has 2 aromatic rings. The summed E-state index contributed by atoms with van der Waals surface area (Å²) < 4.78 is 5.61. The van der Waals surface area contributed by atoms with Crippen LogP contribution in [0.15, 0.2) is 53.8 Å². The minimum Gasteiger partial charge on any atom is -0.361 e. The van der Waals surface area contributed by atoms with Gasteiger partial charge in [-0.2, -0.15) is 0 Å². The minimum atomic E-state index is -0.207. The lowest BCUT2D eigenvalue weighted by molar-refractivity contribution is 0.0512. The van der Waals surface area contributed by atoms with Gasteiger partial charge < -0.3 is 4.74 Å². The Balaban J connectivity index is 1.69. The van der Waals surface area contributed by atoms with Crippen molar-refractivity contribution in [3.05, 3.63) is 60.2 Å². The van der Waals surface area contributed by atoms with Crippen molar-refractivity contribution in [3.63, 3.8) is 0 Å². The van der Waals surface area contributed by atoms with Gasteiger partial charge in [-0.05, 0) is 37.1 Å². The maximum atomic E-state index is 5.61. The van der Waals surface area contributed by atoms with E-state index in [0.29, 0.717) is 0 Å². The van der Waals surface area contributed by atoms with Gasteiger partial charge in [-0.1, -0.05) is 25.0 Å². The number of rotatable bonds is 6. The molecule has 0 bridgehead atoms. The molecule has 0 unspecified atom stereocenters. The van der Waals surface area contributed by atoms with E-state index in [2.05, 4.69) is 15.3 Å². The maximum absolute atomic E-state index is 5.61. The summed E-state index contributed by atoms with van der Waals surface area (Å²) in [7, 11) is 1.71. The van der Waals surface area contributed by atoms with Crippen LogP contribution in [0.1, 0.15) is 43.3 Å². The molecule has 1 aliphatic rings. The number of hydrogen-bond acceptors (Lipinski definition) is 5. The molecule has 24 heavy (non-hydrogen) atoms. The molecule has 0 aliphatic heterocycles. The number of methoxy groups -OCH3 is 1. The van der Waals surface area contributed by atoms with Gasteiger partial charge in [-0.25, -0.2) is 0 Å². The first-order valence-electron chi connectivity index (χ1n) is 8.51. The van der Waals surface area contributed by atoms with Crippen molar-refractivity contribution in [3.8, 4) is 0 Å². The first-order valence-corrected chi connectivity index (χ1v) is 8.51. The molecule has 3 atom stereocenters. The molecule has 0 spiro atoms. The summed E-state index contributed by atoms with van der Waals surface area (Å²) >= 11 is 0. The highest BCUT2D eigenvalue weighted by molar-refractivity contribution is 5.76. The third-order valence-electron chi connectivity index (χ3n) is 4.37. The molecular formula is C19H24N4O. The molecule has 3 rings (SSSR count). The van der Waals surface area contributed by atoms with Gasteiger partial charge in [-0.3, -0.25) is 20.3 Å². The van der Waals surface area contributed by atoms with E-state index in [-0.39, 0.29) is 18.3 Å². The Morgan fingerprint density at radius 2 is 1.92 bits per heavy atom. The summed E-state index contributed by atoms with van der Waals surface area (Å²) in [5, 5.41) is 3.59. The third kappa shape index (κ3) is 4.46. The molecule has 1 fully saturated rings. The highest BCUT2D eigenvalue weighted by Crippen LogP contribution is 2.24. The van der Waals surface area contributed by atoms with Gasteiger partial charge in [0.15, 0.2) is 6.23 Å². The van der Waals surface area contributed by atoms with E-state index >= 15 is 0 Å². The van der Waals surface area contributed by atoms with Gasteiger partial charge in [0.1, 0.15) is 0 Å². The highest BCUT2D eigenvalue weighted by Gasteiger charge is 2.27. The second-order valence-corrected chi connectivity index (χ2v) is 6.03. The number of aromatic nitrogens is 2. The second kappa shape index (κ2) is 8.66. The van der Waals surface area contributed by atoms with Crippen LogP contribution in [0.25, 0.3) is 0 Å². The molecule has 2 heterocycles. The number of aliphatic imine (C=N–C) groups is 1. The molecule has 5 nitrogen and oxygen atoms in total. The Kier molecular flexibility index (Phi) is 6.04. The Morgan fingerprint density at radius 1 is 1.12 bits per heavy atom. The predicted octanol–water partition coefficient (Wildman–Crippen LogP) is 3.14. The van der Waals surface area contributed by atoms with Gasteiger partial charge in [0, 0.05) is 31.8 Å². The molecule has 5 heteroatoms. The smallest absolute Gasteiger partial charge is 0.151 e. The van der Waals surface area contributed by atoms with Crippen molar-refractivity contribution in [2.75, 3.05) is 7.11 Å². The molecule has 0 aromatic carbocycles. The fraction of sp³-hybridized carbons (Fsp3) is 0.421. The van der Waals surface area contributed by atoms with Crippen LogP contribution in [0.4, 0.5) is 0 Å². The number of nitrogens with one attached hydrogen (secondary N) is 1. The van der Waals surface area contributed by atoms with Crippen LogP contribution in [0, 0.1) is 0 Å². The standard InChI is InChI=1S/C19H24N4O/c1-24-19(18-11-5-7-13-21-18)23-17-10-3-2-9-16(17)22-14-15-8-4-6-12-20-15/h4-8,11-14,16-17,19,23H,2-3,9-10H2,1H3/t16-,17-,19+/m1/s1. The fourth-order valence-corrected chi connectivity index (χ4v) is 3.11. The van der Waals surface area contributed by atoms with Crippen LogP contribution >= 0.6 is 0 Å². The molecule has 0 saturated heterocycles. The highest BCUT2D eigenvalue weighted by atomic mass is 16.5. The Morgan fingerprint density at radius 3 is 2.62 bits per heavy atom. The van der Waals surface area contributed by atoms with Crippen molar-refractivity contribution in [2.24, 2.45) is 4.99 Å². The predicted molar refractivity (Wildman–Crippen MR) is 95.0 cm³/mol. The summed E-state index contributed by atoms with van der Waals surface area (Å²) in [5.41, 5.74) is 1.80. The fourth-order valence-electron chi connectivity index (χ4n) is 3.11. The van der Waals surface area contributed by atoms with E-state index in [1.165, 1.54) is 12.8 Å². The van der Waals surface area contributed by atoms with E-state index in [1.54, 1.807) is 19.5 Å². The summed E-state index contributed by atoms with van der Waals surface area (Å²) in [5.74, 6) is 0. The molecule has 1 aliphatic carbocycles. The maximum Gasteiger partial charge on any atom is 0.151 e. The summed E-state index contributed by atoms with van der Waals surface area (Å²) in [6.07, 6.45) is 9.86. The SMILES string of the molecule is CO[C@H](N[C@@H]1CCCC[C@H]1N=Cc1ccccn1)c1ccccn1. The third-order valence-corrected chi connectivity index (χ3v) is 4.37. The topological polar surface area (TPSA) is 59.4 Å². The lowest BCUT2D eigenvalue weighted by Crippen LogP contribution is -2.43. The second-order valence-electron chi connectivity index (χ2n) is 6.03. The van der Waals surface area contributed by atoms with Crippen molar-refractivity contribution in [1.29, 1.82) is 0 Å². The molecule has 0 radical (unpaired) electrons. The number of pyridine rings is 2. The monoisotopic (exact) mass is 324 g/mol. The van der Waals surface area contributed by atoms with Crippen molar-refractivity contribution < 1.29 is 4.74 Å². The quantitative estimate of drug-likeness (QED) is 0.655. The number of ether oxygens (including phenoxy) is 1. The van der Waals surface area contributed by atoms with Crippen molar-refractivity contribution in [1.82, 2.24) is 15.3 Å². The molecular weight excluding hydrogens is 300 g/mol. The van der Waals surface area contributed by atoms with E-state index in [0.717, 1.165) is 24.2 Å². The molecule has 1 saturated carbocycles. The Bertz CT molecular complexity index is 632. The van der Waals surface area contributed by atoms with Gasteiger partial charge in [-0.15, -0.1) is 0 Å². The van der Waals surface area contributed by atoms with Crippen LogP contribution in [0.2, 0.25) is 0 Å². The summed E-state index contributed by atoms with van der Waals surface area (Å²) in [6, 6.07) is 12.3. The van der Waals surface area contributed by atoms with E-state index < -0.39 is 0 Å². The normalized spacial score (nSPS) is 22.5. The zero-order chi connectivity index (χ0) is 16.6. The number of hydrogen-bond donors (Lipinski definition) is 1. The van der Waals surface area contributed by atoms with Crippen molar-refractivity contribution >= 4 is 6.21 Å². The Labute approximate surface area is 143 Å². The summed E-state index contributed by atoms with van der Waals surface area (Å²) in [4.78, 5) is 13.5. The Hall–Kier alpha value is -2.11. The summed E-state index contributed by atoms with van der Waals surface area (Å²) in [6.45, 7) is 0. The molecule has 2 aromatic heterocycles. The van der Waals surface area contributed by atoms with E-state index in [9.17, 15) is 0 Å². The largest absolute Gasteiger partial charge is 0.361 e. The zero-order valence-corrected chi connectivity index (χ0v) is 14.0. The zero-order valence-electron chi connectivity index (χ0n) is 14.0. The van der Waals surface area contributed by atoms with E-state index in [1.807, 2.05) is 42.6 Å². The molecule has 0 amide bonds. The van der Waals surface area contributed by atoms with Crippen LogP contribution in [0.3, 0.4) is 0 Å². The van der Waals surface area contributed by atoms with Gasteiger partial charge in [0.2, 0.25) is 0 Å². The van der Waals surface area contributed by atoms with Crippen LogP contribution < -0.4 is 5.32 Å². The molecule has 126 valence electrons. The lowest BCUT2D eigenvalue weighted by atomic mass is 9.90. The first-order chi connectivity index (χ1) is 11.9.